The number of hydrogen-bond acceptors (Lipinski definition) is 10. The number of ketones is 1. The summed E-state index contributed by atoms with van der Waals surface area (Å²) in [6, 6.07) is -1.08. The first-order valence-corrected chi connectivity index (χ1v) is 15.6. The van der Waals surface area contributed by atoms with E-state index in [1.807, 2.05) is 31.2 Å². The molecule has 5 atom stereocenters. The van der Waals surface area contributed by atoms with Crippen molar-refractivity contribution in [1.29, 1.82) is 0 Å². The molecule has 258 valence electrons. The van der Waals surface area contributed by atoms with E-state index in [2.05, 4.69) is 10.1 Å². The molecule has 46 heavy (non-hydrogen) atoms. The molecule has 4 N–H and O–H groups in total. The van der Waals surface area contributed by atoms with E-state index in [1.165, 1.54) is 0 Å². The van der Waals surface area contributed by atoms with E-state index in [-0.39, 0.29) is 51.8 Å². The number of rotatable bonds is 29. The maximum atomic E-state index is 12.8. The standard InChI is InChI=1S/C34H51NO11/c1-3-4-10-15-28(38)16-11-7-5-6-8-13-18-32(31(40)17-12-9-14-19-34(42)43)45-24-29(30(39)22-23-44-25-36)35-33(41)21-20-27(2)46-26-37/h4-12,16,25-29,31-32,38,40H,3,13-15,17-24H2,1-2H3,(H,35,41)(H,42,43)/b7-5-,8-6+,10-4-,12-9-,16-11+/t27?,28?,29?,31-,32?/m1/s1. The third kappa shape index (κ3) is 24.5. The number of aliphatic carboxylic acids is 1. The molecule has 12 heteroatoms. The van der Waals surface area contributed by atoms with Crippen LogP contribution in [0.25, 0.3) is 0 Å². The predicted molar refractivity (Wildman–Crippen MR) is 172 cm³/mol. The smallest absolute Gasteiger partial charge is 0.303 e. The fraction of sp³-hybridized carbons (Fsp3) is 0.559. The number of carbonyl (C=O) groups is 5. The number of carbonyl (C=O) groups excluding carboxylic acids is 4. The van der Waals surface area contributed by atoms with Crippen LogP contribution in [0.5, 0.6) is 0 Å². The monoisotopic (exact) mass is 649 g/mol. The van der Waals surface area contributed by atoms with Gasteiger partial charge in [-0.1, -0.05) is 67.7 Å². The Hall–Kier alpha value is -3.87. The van der Waals surface area contributed by atoms with Gasteiger partial charge in [-0.15, -0.1) is 0 Å². The van der Waals surface area contributed by atoms with Crippen molar-refractivity contribution in [2.75, 3.05) is 13.2 Å². The maximum absolute atomic E-state index is 12.8. The summed E-state index contributed by atoms with van der Waals surface area (Å²) in [6.45, 7) is 3.75. The summed E-state index contributed by atoms with van der Waals surface area (Å²) in [5.41, 5.74) is 0. The van der Waals surface area contributed by atoms with Gasteiger partial charge in [0.2, 0.25) is 5.91 Å². The molecule has 0 spiro atoms. The fourth-order valence-electron chi connectivity index (χ4n) is 3.92. The van der Waals surface area contributed by atoms with E-state index in [0.29, 0.717) is 32.2 Å². The van der Waals surface area contributed by atoms with Gasteiger partial charge in [-0.2, -0.15) is 0 Å². The Morgan fingerprint density at radius 3 is 2.26 bits per heavy atom. The summed E-state index contributed by atoms with van der Waals surface area (Å²) in [4.78, 5) is 57.2. The Morgan fingerprint density at radius 2 is 1.57 bits per heavy atom. The van der Waals surface area contributed by atoms with Gasteiger partial charge in [0.25, 0.3) is 12.9 Å². The minimum atomic E-state index is -1.08. The van der Waals surface area contributed by atoms with Gasteiger partial charge in [0.05, 0.1) is 37.6 Å². The summed E-state index contributed by atoms with van der Waals surface area (Å²) in [6.07, 6.45) is 18.1. The van der Waals surface area contributed by atoms with Crippen molar-refractivity contribution in [1.82, 2.24) is 5.32 Å². The minimum absolute atomic E-state index is 0.0147. The molecule has 0 aromatic rings. The Bertz CT molecular complexity index is 1020. The molecule has 0 aromatic carbocycles. The van der Waals surface area contributed by atoms with Crippen molar-refractivity contribution in [3.63, 3.8) is 0 Å². The first kappa shape index (κ1) is 42.1. The molecule has 0 radical (unpaired) electrons. The quantitative estimate of drug-likeness (QED) is 0.0401. The molecular weight excluding hydrogens is 598 g/mol. The summed E-state index contributed by atoms with van der Waals surface area (Å²) in [5.74, 6) is -1.82. The minimum Gasteiger partial charge on any atom is -0.481 e. The molecule has 0 fully saturated rings. The third-order valence-corrected chi connectivity index (χ3v) is 6.50. The van der Waals surface area contributed by atoms with Crippen LogP contribution in [0.4, 0.5) is 0 Å². The lowest BCUT2D eigenvalue weighted by Crippen LogP contribution is -2.46. The SMILES string of the molecule is CC/C=C\CC(O)/C=C/C=C\C=C\CCC(OCC(NC(=O)CCC(C)OC=O)C(=O)CCOC=O)[C@H](O)C/C=C\CCC(=O)O. The van der Waals surface area contributed by atoms with Crippen LogP contribution in [-0.4, -0.2) is 89.6 Å². The highest BCUT2D eigenvalue weighted by Gasteiger charge is 2.25. The number of Topliss-reactive ketones (excluding diaryl/α,β-unsaturated/α-hetero) is 1. The zero-order valence-electron chi connectivity index (χ0n) is 26.9. The van der Waals surface area contributed by atoms with Crippen molar-refractivity contribution in [3.8, 4) is 0 Å². The maximum Gasteiger partial charge on any atom is 0.303 e. The van der Waals surface area contributed by atoms with Gasteiger partial charge in [-0.05, 0) is 51.9 Å². The zero-order chi connectivity index (χ0) is 34.4. The molecule has 1 amide bonds. The second kappa shape index (κ2) is 28.6. The first-order valence-electron chi connectivity index (χ1n) is 15.6. The highest BCUT2D eigenvalue weighted by atomic mass is 16.5. The summed E-state index contributed by atoms with van der Waals surface area (Å²) >= 11 is 0. The number of aliphatic hydroxyl groups excluding tert-OH is 2. The number of ether oxygens (including phenoxy) is 3. The van der Waals surface area contributed by atoms with Crippen LogP contribution in [-0.2, 0) is 38.2 Å². The highest BCUT2D eigenvalue weighted by molar-refractivity contribution is 5.89. The summed E-state index contributed by atoms with van der Waals surface area (Å²) in [5, 5.41) is 32.2. The van der Waals surface area contributed by atoms with E-state index in [0.717, 1.165) is 6.42 Å². The lowest BCUT2D eigenvalue weighted by Gasteiger charge is -2.25. The van der Waals surface area contributed by atoms with E-state index in [1.54, 1.807) is 43.4 Å². The topological polar surface area (TPSA) is 186 Å². The number of carboxylic acids is 1. The molecule has 12 nitrogen and oxygen atoms in total. The van der Waals surface area contributed by atoms with Gasteiger partial charge in [0.15, 0.2) is 5.78 Å². The Labute approximate surface area is 271 Å². The highest BCUT2D eigenvalue weighted by Crippen LogP contribution is 2.14. The van der Waals surface area contributed by atoms with E-state index in [9.17, 15) is 34.2 Å². The molecule has 0 aliphatic rings. The van der Waals surface area contributed by atoms with Crippen molar-refractivity contribution in [2.24, 2.45) is 0 Å². The molecule has 0 rings (SSSR count). The molecule has 0 aliphatic heterocycles. The molecule has 0 aromatic heterocycles. The Morgan fingerprint density at radius 1 is 0.826 bits per heavy atom. The first-order chi connectivity index (χ1) is 22.1. The number of hydrogen-bond donors (Lipinski definition) is 4. The lowest BCUT2D eigenvalue weighted by atomic mass is 10.0. The van der Waals surface area contributed by atoms with Gasteiger partial charge in [-0.25, -0.2) is 0 Å². The van der Waals surface area contributed by atoms with Crippen molar-refractivity contribution in [3.05, 3.63) is 60.8 Å². The van der Waals surface area contributed by atoms with Crippen LogP contribution in [0.3, 0.4) is 0 Å². The normalized spacial score (nSPS) is 15.3. The van der Waals surface area contributed by atoms with Crippen LogP contribution in [0.1, 0.15) is 78.1 Å². The van der Waals surface area contributed by atoms with Gasteiger partial charge < -0.3 is 34.8 Å². The number of nitrogens with one attached hydrogen (secondary N) is 1. The molecule has 0 saturated heterocycles. The largest absolute Gasteiger partial charge is 0.481 e. The average molecular weight is 650 g/mol. The molecule has 0 aliphatic carbocycles. The zero-order valence-corrected chi connectivity index (χ0v) is 26.9. The summed E-state index contributed by atoms with van der Waals surface area (Å²) < 4.78 is 15.4. The lowest BCUT2D eigenvalue weighted by molar-refractivity contribution is -0.137. The van der Waals surface area contributed by atoms with Crippen molar-refractivity contribution >= 4 is 30.6 Å². The molecule has 0 bridgehead atoms. The molecular formula is C34H51NO11. The van der Waals surface area contributed by atoms with Gasteiger partial charge in [0, 0.05) is 19.3 Å². The number of allylic oxidation sites excluding steroid dienone is 7. The number of carboxylic acid groups (broad SMARTS) is 1. The van der Waals surface area contributed by atoms with Crippen molar-refractivity contribution < 1.29 is 53.5 Å². The van der Waals surface area contributed by atoms with E-state index < -0.39 is 48.1 Å². The van der Waals surface area contributed by atoms with Crippen LogP contribution < -0.4 is 5.32 Å². The van der Waals surface area contributed by atoms with Crippen LogP contribution >= 0.6 is 0 Å². The Kier molecular flexibility index (Phi) is 26.2. The molecule has 0 heterocycles. The fourth-order valence-corrected chi connectivity index (χ4v) is 3.92. The van der Waals surface area contributed by atoms with Gasteiger partial charge >= 0.3 is 5.97 Å². The Balaban J connectivity index is 5.40. The molecule has 4 unspecified atom stereocenters. The predicted octanol–water partition coefficient (Wildman–Crippen LogP) is 3.67. The van der Waals surface area contributed by atoms with Gasteiger partial charge in [-0.3, -0.25) is 24.0 Å². The van der Waals surface area contributed by atoms with Crippen molar-refractivity contribution in [2.45, 2.75) is 109 Å². The second-order valence-corrected chi connectivity index (χ2v) is 10.4. The second-order valence-electron chi connectivity index (χ2n) is 10.4. The molecule has 0 saturated carbocycles. The number of aliphatic hydroxyl groups is 2. The van der Waals surface area contributed by atoms with Gasteiger partial charge in [0.1, 0.15) is 6.04 Å². The van der Waals surface area contributed by atoms with E-state index >= 15 is 0 Å². The number of amides is 1. The van der Waals surface area contributed by atoms with E-state index in [4.69, 9.17) is 14.6 Å². The van der Waals surface area contributed by atoms with Crippen LogP contribution in [0.2, 0.25) is 0 Å². The van der Waals surface area contributed by atoms with Crippen LogP contribution in [0.15, 0.2) is 60.8 Å². The van der Waals surface area contributed by atoms with Crippen LogP contribution in [0, 0.1) is 0 Å². The third-order valence-electron chi connectivity index (χ3n) is 6.50. The average Bonchev–Trinajstić information content (AvgIpc) is 3.01. The summed E-state index contributed by atoms with van der Waals surface area (Å²) in [7, 11) is 0.